The maximum atomic E-state index is 17.9. The van der Waals surface area contributed by atoms with Gasteiger partial charge in [-0.1, -0.05) is 28.2 Å². The minimum Gasteiger partial charge on any atom is -0.456 e. The Kier molecular flexibility index (Phi) is 13.1. The van der Waals surface area contributed by atoms with E-state index in [1.54, 1.807) is 25.2 Å². The number of carbonyl (C=O) groups excluding carboxylic acids is 1. The maximum Gasteiger partial charge on any atom is 0.321 e. The van der Waals surface area contributed by atoms with E-state index in [-0.39, 0.29) is 32.1 Å². The van der Waals surface area contributed by atoms with Gasteiger partial charge in [0.15, 0.2) is 11.3 Å². The quantitative estimate of drug-likeness (QED) is 0.0138. The molecule has 1 aromatic heterocycles. The Morgan fingerprint density at radius 3 is 2.21 bits per heavy atom. The standard InChI is InChI=1S/C43H34Cl2F2N2O15S7/c1-42(2)22-11-33(68-64-63-51)66-39(22)18-9-20-29(14-27(18)48(42)5)61-30-15-28-19(40-23(43(3,4)49(28)6)12-34(67-40)70(55,56)57)10-21(30)35(20)36-37(47)31(13-26(46)41(36)71(58,59)60)65-16-32(50)62-38-24(44)7-17(8-25(38)45)69(52,53)54/h7-15,23,40H,16H2,1-6H3,(H3-,51,52,53,54,55,56,57,58,59,60)/p+1. The molecular formula is C43H35Cl2F2N2O15S7+. The van der Waals surface area contributed by atoms with Crippen LogP contribution in [0.3, 0.4) is 0 Å². The molecule has 4 aliphatic rings. The van der Waals surface area contributed by atoms with Crippen molar-refractivity contribution < 1.29 is 76.6 Å². The van der Waals surface area contributed by atoms with Crippen molar-refractivity contribution in [3.63, 3.8) is 0 Å². The normalized spacial score (nSPS) is 18.7. The third-order valence-electron chi connectivity index (χ3n) is 12.9. The average molecular weight is 1150 g/mol. The molecule has 71 heavy (non-hydrogen) atoms. The van der Waals surface area contributed by atoms with Crippen LogP contribution in [0.15, 0.2) is 77.7 Å². The zero-order chi connectivity index (χ0) is 51.8. The number of carbonyl (C=O) groups is 1. The molecule has 4 aromatic carbocycles. The monoisotopic (exact) mass is 1150 g/mol. The van der Waals surface area contributed by atoms with Crippen LogP contribution < -0.4 is 29.5 Å². The van der Waals surface area contributed by atoms with Gasteiger partial charge in [-0.25, -0.2) is 18.6 Å². The van der Waals surface area contributed by atoms with E-state index in [2.05, 4.69) is 5.04 Å². The lowest BCUT2D eigenvalue weighted by Gasteiger charge is -2.49. The second-order valence-corrected chi connectivity index (χ2v) is 26.9. The minimum atomic E-state index is -5.67. The number of halogens is 4. The molecular weight excluding hydrogens is 1120 g/mol. The molecule has 4 N–H and O–H groups in total. The Balaban J connectivity index is 1.30. The molecule has 4 aliphatic heterocycles. The van der Waals surface area contributed by atoms with Crippen LogP contribution in [-0.4, -0.2) is 75.5 Å². The summed E-state index contributed by atoms with van der Waals surface area (Å²) in [5, 5.41) is 11.6. The number of hydrogen-bond donors (Lipinski definition) is 4. The van der Waals surface area contributed by atoms with Gasteiger partial charge in [0.2, 0.25) is 5.36 Å². The Morgan fingerprint density at radius 1 is 0.915 bits per heavy atom. The first-order valence-electron chi connectivity index (χ1n) is 20.3. The zero-order valence-corrected chi connectivity index (χ0v) is 44.3. The van der Waals surface area contributed by atoms with Gasteiger partial charge in [0, 0.05) is 81.7 Å². The summed E-state index contributed by atoms with van der Waals surface area (Å²) < 4.78 is 159. The minimum absolute atomic E-state index is 0.00653. The molecule has 0 saturated carbocycles. The summed E-state index contributed by atoms with van der Waals surface area (Å²) in [6.45, 7) is 7.65. The summed E-state index contributed by atoms with van der Waals surface area (Å²) in [6.07, 6.45) is 1.45. The number of rotatable bonds is 11. The molecule has 28 heteroatoms. The molecule has 376 valence electrons. The van der Waals surface area contributed by atoms with Crippen molar-refractivity contribution in [1.29, 1.82) is 0 Å². The van der Waals surface area contributed by atoms with E-state index >= 15 is 8.78 Å². The van der Waals surface area contributed by atoms with Gasteiger partial charge >= 0.3 is 5.97 Å². The van der Waals surface area contributed by atoms with Crippen molar-refractivity contribution >= 4 is 118 Å². The topological polar surface area (TPSA) is 244 Å². The van der Waals surface area contributed by atoms with Crippen LogP contribution in [-0.2, 0) is 50.1 Å². The third kappa shape index (κ3) is 8.88. The van der Waals surface area contributed by atoms with Gasteiger partial charge in [-0.2, -0.15) is 25.3 Å². The smallest absolute Gasteiger partial charge is 0.321 e. The highest BCUT2D eigenvalue weighted by Crippen LogP contribution is 2.61. The summed E-state index contributed by atoms with van der Waals surface area (Å²) in [6, 6.07) is 10.2. The van der Waals surface area contributed by atoms with E-state index in [1.807, 2.05) is 50.3 Å². The van der Waals surface area contributed by atoms with E-state index < -0.39 is 112 Å². The Bertz CT molecular complexity index is 3720. The van der Waals surface area contributed by atoms with Crippen LogP contribution in [0.25, 0.3) is 16.0 Å². The lowest BCUT2D eigenvalue weighted by Crippen LogP contribution is -2.51. The molecule has 5 heterocycles. The number of hydrogen-bond acceptors (Lipinski definition) is 17. The van der Waals surface area contributed by atoms with Crippen LogP contribution in [0.4, 0.5) is 14.5 Å². The number of thioether (sulfide) groups is 2. The molecule has 0 amide bonds. The predicted octanol–water partition coefficient (Wildman–Crippen LogP) is 8.70. The highest BCUT2D eigenvalue weighted by atomic mass is 35.5. The number of anilines is 1. The van der Waals surface area contributed by atoms with Crippen molar-refractivity contribution in [3.8, 4) is 27.7 Å². The van der Waals surface area contributed by atoms with Gasteiger partial charge in [0.05, 0.1) is 53.5 Å². The zero-order valence-electron chi connectivity index (χ0n) is 37.1. The predicted molar refractivity (Wildman–Crippen MR) is 263 cm³/mol. The van der Waals surface area contributed by atoms with Gasteiger partial charge in [0.1, 0.15) is 39.3 Å². The number of benzene rings is 4. The molecule has 2 unspecified atom stereocenters. The summed E-state index contributed by atoms with van der Waals surface area (Å²) in [4.78, 5) is 13.0. The lowest BCUT2D eigenvalue weighted by molar-refractivity contribution is -0.432. The first-order chi connectivity index (χ1) is 32.9. The van der Waals surface area contributed by atoms with Crippen LogP contribution in [0, 0.1) is 17.6 Å². The van der Waals surface area contributed by atoms with Gasteiger partial charge in [-0.05, 0) is 61.9 Å². The van der Waals surface area contributed by atoms with Crippen LogP contribution >= 0.6 is 70.1 Å². The van der Waals surface area contributed by atoms with E-state index in [0.29, 0.717) is 49.1 Å². The molecule has 0 fully saturated rings. The summed E-state index contributed by atoms with van der Waals surface area (Å²) in [5.74, 6) is -6.09. The summed E-state index contributed by atoms with van der Waals surface area (Å²) in [7, 11) is -11.6. The van der Waals surface area contributed by atoms with Crippen molar-refractivity contribution in [2.45, 2.75) is 62.9 Å². The molecule has 2 atom stereocenters. The number of thiophene rings is 1. The Hall–Kier alpha value is -3.84. The second kappa shape index (κ2) is 17.9. The van der Waals surface area contributed by atoms with Crippen LogP contribution in [0.2, 0.25) is 10.0 Å². The van der Waals surface area contributed by atoms with E-state index in [4.69, 9.17) is 42.3 Å². The van der Waals surface area contributed by atoms with Crippen molar-refractivity contribution in [3.05, 3.63) is 113 Å². The second-order valence-electron chi connectivity index (χ2n) is 17.4. The number of fused-ring (bicyclic) bond motifs is 8. The fourth-order valence-corrected chi connectivity index (χ4v) is 16.0. The highest BCUT2D eigenvalue weighted by molar-refractivity contribution is 8.17. The highest BCUT2D eigenvalue weighted by Gasteiger charge is 2.50. The number of esters is 1. The van der Waals surface area contributed by atoms with Gasteiger partial charge in [0.25, 0.3) is 30.4 Å². The Morgan fingerprint density at radius 2 is 1.59 bits per heavy atom. The third-order valence-corrected chi connectivity index (χ3v) is 20.8. The Labute approximate surface area is 430 Å². The number of ether oxygens (including phenoxy) is 2. The average Bonchev–Trinajstić information content (AvgIpc) is 3.94. The fourth-order valence-electron chi connectivity index (χ4n) is 9.03. The molecule has 0 radical (unpaired) electrons. The maximum absolute atomic E-state index is 17.9. The largest absolute Gasteiger partial charge is 0.456 e. The SMILES string of the molecule is CN1c2cc3c(cc2C2SC(S(=O)(=O)O)=CC2C1(C)C)C(c1c(F)c(SCC(=O)Oc2c(Cl)cc(S(=O)(=O)O)cc2Cl)cc(F)c1S(=O)(=O)O)=c1cc2c(cc1O3)=[N+](C)C(C)(C)c1cc(SOOO)sc1-2. The van der Waals surface area contributed by atoms with E-state index in [1.165, 1.54) is 23.5 Å². The summed E-state index contributed by atoms with van der Waals surface area (Å²) >= 11 is 15.4. The molecule has 9 rings (SSSR count). The van der Waals surface area contributed by atoms with Crippen molar-refractivity contribution in [2.75, 3.05) is 24.7 Å². The van der Waals surface area contributed by atoms with Gasteiger partial charge in [-0.3, -0.25) is 18.5 Å². The first kappa shape index (κ1) is 52.0. The molecule has 17 nitrogen and oxygen atoms in total. The molecule has 0 aliphatic carbocycles. The summed E-state index contributed by atoms with van der Waals surface area (Å²) in [5.41, 5.74) is -0.557. The fraction of sp³-hybridized carbons (Fsp3) is 0.256. The molecule has 5 aromatic rings. The van der Waals surface area contributed by atoms with Crippen LogP contribution in [0.5, 0.6) is 17.2 Å². The number of nitrogens with zero attached hydrogens (tertiary/aromatic N) is 2. The van der Waals surface area contributed by atoms with E-state index in [9.17, 15) is 43.7 Å². The molecule has 0 spiro atoms. The molecule has 0 saturated heterocycles. The lowest BCUT2D eigenvalue weighted by atomic mass is 9.76. The van der Waals surface area contributed by atoms with Crippen LogP contribution in [0.1, 0.15) is 55.2 Å². The van der Waals surface area contributed by atoms with E-state index in [0.717, 1.165) is 41.5 Å². The first-order valence-corrected chi connectivity index (χ1v) is 28.8. The van der Waals surface area contributed by atoms with Gasteiger partial charge < -0.3 is 14.4 Å². The molecule has 0 bridgehead atoms. The van der Waals surface area contributed by atoms with Crippen molar-refractivity contribution in [2.24, 2.45) is 5.92 Å². The van der Waals surface area contributed by atoms with Gasteiger partial charge in [-0.15, -0.1) is 39.2 Å². The van der Waals surface area contributed by atoms with Crippen molar-refractivity contribution in [1.82, 2.24) is 4.58 Å².